The normalized spacial score (nSPS) is 28.0. The SMILES string of the molecule is C=C1[C@@H](O[Si](C)(C)C(C)(C)C)CC(=CCP(=O)(c2ccccc2)c2ccccc2)C[C@H]1O[Si](C)(C)C(C)(C)C.CC(C)CCC[C@H](C)[C@H]1CC[C@@H]2[C@@H]1CCC[C@@H]2O.C[C@@H](CCCC(C)(C)C)[C@H]1CC[C@H]2C(=O)CCC[C@H]12. The Balaban J connectivity index is 0.000000238. The first-order valence-corrected chi connectivity index (χ1v) is 38.7. The van der Waals surface area contributed by atoms with Crippen molar-refractivity contribution in [1.82, 2.24) is 0 Å². The van der Waals surface area contributed by atoms with Crippen molar-refractivity contribution in [3.8, 4) is 0 Å². The number of carbonyl (C=O) groups excluding carboxylic acids is 1. The van der Waals surface area contributed by atoms with Crippen molar-refractivity contribution in [2.24, 2.45) is 58.7 Å². The van der Waals surface area contributed by atoms with Gasteiger partial charge in [0.1, 0.15) is 12.9 Å². The van der Waals surface area contributed by atoms with Gasteiger partial charge < -0.3 is 18.5 Å². The number of ketones is 1. The van der Waals surface area contributed by atoms with E-state index in [1.807, 2.05) is 60.7 Å². The number of Topliss-reactive ketones (excluding diaryl/α,β-unsaturated/α-hetero) is 1. The summed E-state index contributed by atoms with van der Waals surface area (Å²) in [5, 5.41) is 12.1. The minimum Gasteiger partial charge on any atom is -0.410 e. The zero-order valence-corrected chi connectivity index (χ0v) is 54.8. The second-order valence-electron chi connectivity index (χ2n) is 29.8. The van der Waals surface area contributed by atoms with Gasteiger partial charge in [0.25, 0.3) is 0 Å². The van der Waals surface area contributed by atoms with Crippen LogP contribution in [0.1, 0.15) is 206 Å². The highest BCUT2D eigenvalue weighted by Gasteiger charge is 2.47. The molecule has 0 aliphatic heterocycles. The summed E-state index contributed by atoms with van der Waals surface area (Å²) in [6.07, 6.45) is 24.6. The molecule has 8 heteroatoms. The topological polar surface area (TPSA) is 72.8 Å². The third-order valence-electron chi connectivity index (χ3n) is 20.4. The fourth-order valence-corrected chi connectivity index (χ4v) is 18.7. The van der Waals surface area contributed by atoms with Crippen LogP contribution >= 0.6 is 7.14 Å². The zero-order valence-electron chi connectivity index (χ0n) is 51.9. The molecular weight excluding hydrogens is 984 g/mol. The van der Waals surface area contributed by atoms with Gasteiger partial charge >= 0.3 is 0 Å². The van der Waals surface area contributed by atoms with Crippen LogP contribution in [-0.4, -0.2) is 52.0 Å². The Hall–Kier alpha value is -1.87. The van der Waals surface area contributed by atoms with Gasteiger partial charge in [-0.25, -0.2) is 0 Å². The Morgan fingerprint density at radius 3 is 1.63 bits per heavy atom. The number of benzene rings is 2. The van der Waals surface area contributed by atoms with Gasteiger partial charge in [0.15, 0.2) is 16.6 Å². The molecule has 0 unspecified atom stereocenters. The summed E-state index contributed by atoms with van der Waals surface area (Å²) < 4.78 is 28.7. The standard InChI is InChI=1S/C33H51O3PSi2.C18H32O.C17H32O/c1-26-30(35-38(8,9)32(2,3)4)24-27(25-31(26)36-39(10,11)33(5,6)7)22-23-37(34,28-18-14-12-15-19-28)29-20-16-13-17-21-29;1-13(7-6-12-18(2,3)4)14-10-11-16-15(14)8-5-9-17(16)19;1-12(2)6-4-7-13(3)14-10-11-16-15(14)8-5-9-17(16)18/h12-22,30-31H,1,23-25H2,2-11H3;13-16H,5-12H2,1-4H3;12-18H,4-11H2,1-3H3/t30-,31+;13-,14+,15+,16+;13-,14+,15+,16+,17-/m.00/s1. The van der Waals surface area contributed by atoms with Crippen LogP contribution in [0, 0.1) is 58.7 Å². The number of fused-ring (bicyclic) bond motifs is 2. The molecule has 5 fully saturated rings. The molecule has 5 aliphatic rings. The van der Waals surface area contributed by atoms with Crippen molar-refractivity contribution in [2.75, 3.05) is 6.16 Å². The van der Waals surface area contributed by atoms with E-state index >= 15 is 0 Å². The lowest BCUT2D eigenvalue weighted by atomic mass is 9.72. The number of carbonyl (C=O) groups is 1. The van der Waals surface area contributed by atoms with Gasteiger partial charge in [0, 0.05) is 29.1 Å². The number of hydrogen-bond acceptors (Lipinski definition) is 5. The average Bonchev–Trinajstić information content (AvgIpc) is 3.99. The fourth-order valence-electron chi connectivity index (χ4n) is 13.5. The van der Waals surface area contributed by atoms with Crippen LogP contribution in [0.3, 0.4) is 0 Å². The number of allylic oxidation sites excluding steroid dienone is 1. The number of rotatable bonds is 17. The molecule has 0 amide bonds. The van der Waals surface area contributed by atoms with Gasteiger partial charge in [-0.2, -0.15) is 0 Å². The molecule has 7 rings (SSSR count). The van der Waals surface area contributed by atoms with Crippen molar-refractivity contribution < 1.29 is 23.3 Å². The second kappa shape index (κ2) is 27.7. The van der Waals surface area contributed by atoms with Crippen molar-refractivity contribution in [3.63, 3.8) is 0 Å². The van der Waals surface area contributed by atoms with Gasteiger partial charge in [0.05, 0.1) is 18.3 Å². The molecule has 0 heterocycles. The fraction of sp³-hybridized carbons (Fsp3) is 0.750. The first-order valence-electron chi connectivity index (χ1n) is 31.0. The lowest BCUT2D eigenvalue weighted by molar-refractivity contribution is -0.126. The van der Waals surface area contributed by atoms with Gasteiger partial charge in [-0.3, -0.25) is 4.79 Å². The summed E-state index contributed by atoms with van der Waals surface area (Å²) in [4.78, 5) is 12.0. The highest BCUT2D eigenvalue weighted by molar-refractivity contribution is 7.78. The molecule has 0 spiro atoms. The van der Waals surface area contributed by atoms with Crippen LogP contribution in [0.25, 0.3) is 0 Å². The van der Waals surface area contributed by atoms with Crippen LogP contribution < -0.4 is 10.6 Å². The van der Waals surface area contributed by atoms with Crippen LogP contribution in [0.5, 0.6) is 0 Å². The van der Waals surface area contributed by atoms with E-state index in [1.165, 1.54) is 89.0 Å². The van der Waals surface area contributed by atoms with Gasteiger partial charge in [-0.05, 0) is 165 Å². The average molecular weight is 1100 g/mol. The van der Waals surface area contributed by atoms with E-state index in [1.54, 1.807) is 0 Å². The minimum absolute atomic E-state index is 0.0246. The second-order valence-corrected chi connectivity index (χ2v) is 42.2. The first kappa shape index (κ1) is 64.9. The van der Waals surface area contributed by atoms with Gasteiger partial charge in [-0.1, -0.05) is 207 Å². The Labute approximate surface area is 470 Å². The molecule has 2 aromatic rings. The minimum atomic E-state index is -2.84. The summed E-state index contributed by atoms with van der Waals surface area (Å²) >= 11 is 0. The molecular formula is C68H115O5PSi2. The molecule has 0 bridgehead atoms. The van der Waals surface area contributed by atoms with Crippen LogP contribution in [0.2, 0.25) is 36.3 Å². The highest BCUT2D eigenvalue weighted by atomic mass is 31.2. The number of aliphatic hydroxyl groups is 1. The maximum absolute atomic E-state index is 14.7. The Kier molecular flexibility index (Phi) is 23.7. The lowest BCUT2D eigenvalue weighted by Crippen LogP contribution is -2.49. The smallest absolute Gasteiger partial charge is 0.192 e. The summed E-state index contributed by atoms with van der Waals surface area (Å²) in [7, 11) is -6.92. The Morgan fingerprint density at radius 1 is 0.645 bits per heavy atom. The molecule has 0 aromatic heterocycles. The van der Waals surface area contributed by atoms with Gasteiger partial charge in [-0.15, -0.1) is 0 Å². The monoisotopic (exact) mass is 1100 g/mol. The number of aliphatic hydroxyl groups excluding tert-OH is 1. The van der Waals surface area contributed by atoms with E-state index in [0.717, 1.165) is 89.7 Å². The predicted molar refractivity (Wildman–Crippen MR) is 334 cm³/mol. The van der Waals surface area contributed by atoms with E-state index in [0.29, 0.717) is 29.2 Å². The summed E-state index contributed by atoms with van der Waals surface area (Å²) in [5.41, 5.74) is 2.80. The largest absolute Gasteiger partial charge is 0.410 e. The first-order chi connectivity index (χ1) is 35.3. The maximum atomic E-state index is 14.7. The quantitative estimate of drug-likeness (QED) is 0.0971. The van der Waals surface area contributed by atoms with Crippen molar-refractivity contribution in [2.45, 2.75) is 260 Å². The third-order valence-corrected chi connectivity index (χ3v) is 32.3. The van der Waals surface area contributed by atoms with Crippen molar-refractivity contribution >= 4 is 40.2 Å². The highest BCUT2D eigenvalue weighted by Crippen LogP contribution is 2.51. The molecule has 5 aliphatic carbocycles. The van der Waals surface area contributed by atoms with Crippen LogP contribution in [-0.2, 0) is 18.2 Å². The van der Waals surface area contributed by atoms with Crippen LogP contribution in [0.4, 0.5) is 0 Å². The van der Waals surface area contributed by atoms with E-state index < -0.39 is 23.8 Å². The lowest BCUT2D eigenvalue weighted by Gasteiger charge is -2.46. The van der Waals surface area contributed by atoms with E-state index in [-0.39, 0.29) is 28.4 Å². The molecule has 1 N–H and O–H groups in total. The summed E-state index contributed by atoms with van der Waals surface area (Å²) in [6, 6.07) is 19.9. The summed E-state index contributed by atoms with van der Waals surface area (Å²) in [6.45, 7) is 44.0. The molecule has 430 valence electrons. The maximum Gasteiger partial charge on any atom is 0.192 e. The molecule has 0 saturated heterocycles. The molecule has 2 aromatic carbocycles. The van der Waals surface area contributed by atoms with Crippen molar-refractivity contribution in [1.29, 1.82) is 0 Å². The molecule has 5 saturated carbocycles. The van der Waals surface area contributed by atoms with Crippen LogP contribution in [0.15, 0.2) is 84.5 Å². The van der Waals surface area contributed by atoms with E-state index in [4.69, 9.17) is 8.85 Å². The predicted octanol–water partition coefficient (Wildman–Crippen LogP) is 18.9. The van der Waals surface area contributed by atoms with E-state index in [2.05, 4.69) is 129 Å². The van der Waals surface area contributed by atoms with Gasteiger partial charge in [0.2, 0.25) is 0 Å². The Morgan fingerprint density at radius 2 is 1.13 bits per heavy atom. The third kappa shape index (κ3) is 17.8. The summed E-state index contributed by atoms with van der Waals surface area (Å²) in [5.74, 6) is 7.58. The number of hydrogen-bond donors (Lipinski definition) is 1. The molecule has 5 nitrogen and oxygen atoms in total. The molecule has 11 atom stereocenters. The van der Waals surface area contributed by atoms with E-state index in [9.17, 15) is 14.5 Å². The molecule has 0 radical (unpaired) electrons. The zero-order chi connectivity index (χ0) is 56.4. The Bertz CT molecular complexity index is 2090. The molecule has 76 heavy (non-hydrogen) atoms. The van der Waals surface area contributed by atoms with Crippen molar-refractivity contribution in [3.05, 3.63) is 84.5 Å².